The molecule has 0 aliphatic carbocycles. The second-order valence-corrected chi connectivity index (χ2v) is 6.85. The largest absolute Gasteiger partial charge is 0.480 e. The minimum absolute atomic E-state index is 0.202. The van der Waals surface area contributed by atoms with Crippen molar-refractivity contribution in [3.63, 3.8) is 0 Å². The van der Waals surface area contributed by atoms with E-state index in [4.69, 9.17) is 10.2 Å². The third kappa shape index (κ3) is 4.27. The van der Waals surface area contributed by atoms with Crippen LogP contribution in [0.4, 0.5) is 0 Å². The van der Waals surface area contributed by atoms with Crippen LogP contribution >= 0.6 is 0 Å². The van der Waals surface area contributed by atoms with E-state index < -0.39 is 27.4 Å². The van der Waals surface area contributed by atoms with Crippen molar-refractivity contribution in [2.45, 2.75) is 25.1 Å². The molecule has 3 N–H and O–H groups in total. The maximum Gasteiger partial charge on any atom is 0.329 e. The first-order chi connectivity index (χ1) is 9.45. The molecule has 0 atom stereocenters. The van der Waals surface area contributed by atoms with Gasteiger partial charge in [0.2, 0.25) is 10.0 Å². The van der Waals surface area contributed by atoms with Crippen LogP contribution in [0, 0.1) is 0 Å². The summed E-state index contributed by atoms with van der Waals surface area (Å²) in [4.78, 5) is 24.5. The van der Waals surface area contributed by atoms with Gasteiger partial charge in [-0.2, -0.15) is 0 Å². The Morgan fingerprint density at radius 2 is 1.90 bits per heavy atom. The number of amides is 1. The monoisotopic (exact) mass is 314 g/mol. The third-order valence-electron chi connectivity index (χ3n) is 3.21. The van der Waals surface area contributed by atoms with E-state index in [9.17, 15) is 18.0 Å². The van der Waals surface area contributed by atoms with Gasteiger partial charge in [0.25, 0.3) is 5.91 Å². The average Bonchev–Trinajstić information content (AvgIpc) is 2.35. The number of carbonyl (C=O) groups excluding carboxylic acids is 1. The number of aliphatic carboxylic acids is 1. The Balaban J connectivity index is 3.09. The smallest absolute Gasteiger partial charge is 0.329 e. The maximum absolute atomic E-state index is 12.3. The van der Waals surface area contributed by atoms with Crippen LogP contribution in [0.2, 0.25) is 0 Å². The van der Waals surface area contributed by atoms with Crippen molar-refractivity contribution in [3.05, 3.63) is 35.4 Å². The molecule has 0 aromatic heterocycles. The fourth-order valence-corrected chi connectivity index (χ4v) is 2.26. The number of benzene rings is 1. The number of hydrogen-bond acceptors (Lipinski definition) is 4. The van der Waals surface area contributed by atoms with Gasteiger partial charge in [-0.05, 0) is 31.5 Å². The van der Waals surface area contributed by atoms with Crippen molar-refractivity contribution in [2.75, 3.05) is 7.05 Å². The molecule has 0 fully saturated rings. The van der Waals surface area contributed by atoms with Crippen LogP contribution in [0.25, 0.3) is 0 Å². The Hall–Kier alpha value is -1.93. The number of likely N-dealkylation sites (N-methyl/N-ethyl adjacent to an activating group) is 1. The number of primary sulfonamides is 1. The molecule has 7 nitrogen and oxygen atoms in total. The molecule has 0 unspecified atom stereocenters. The lowest BCUT2D eigenvalue weighted by Gasteiger charge is -2.31. The molecule has 1 rings (SSSR count). The number of carboxylic acid groups (broad SMARTS) is 1. The predicted molar refractivity (Wildman–Crippen MR) is 77.1 cm³/mol. The number of nitrogens with zero attached hydrogens (tertiary/aromatic N) is 1. The summed E-state index contributed by atoms with van der Waals surface area (Å²) in [6.45, 7) is 2.81. The highest BCUT2D eigenvalue weighted by Crippen LogP contribution is 2.17. The zero-order valence-electron chi connectivity index (χ0n) is 12.0. The number of sulfonamides is 1. The van der Waals surface area contributed by atoms with E-state index in [2.05, 4.69) is 0 Å². The van der Waals surface area contributed by atoms with E-state index in [-0.39, 0.29) is 11.3 Å². The molecule has 1 aromatic rings. The number of carboxylic acids is 1. The van der Waals surface area contributed by atoms with Crippen LogP contribution in [0.5, 0.6) is 0 Å². The lowest BCUT2D eigenvalue weighted by atomic mass is 10.0. The van der Waals surface area contributed by atoms with Crippen LogP contribution in [-0.4, -0.2) is 42.9 Å². The van der Waals surface area contributed by atoms with Gasteiger partial charge < -0.3 is 10.0 Å². The molecule has 0 radical (unpaired) electrons. The average molecular weight is 314 g/mol. The Morgan fingerprint density at radius 1 is 1.33 bits per heavy atom. The lowest BCUT2D eigenvalue weighted by Crippen LogP contribution is -2.50. The SMILES string of the molecule is CN(C(=O)c1cccc(CS(N)(=O)=O)c1)C(C)(C)C(=O)O. The third-order valence-corrected chi connectivity index (χ3v) is 3.94. The van der Waals surface area contributed by atoms with Crippen molar-refractivity contribution in [1.29, 1.82) is 0 Å². The van der Waals surface area contributed by atoms with Gasteiger partial charge in [0.05, 0.1) is 5.75 Å². The summed E-state index contributed by atoms with van der Waals surface area (Å²) < 4.78 is 22.1. The van der Waals surface area contributed by atoms with E-state index in [1.54, 1.807) is 0 Å². The van der Waals surface area contributed by atoms with E-state index >= 15 is 0 Å². The van der Waals surface area contributed by atoms with Crippen molar-refractivity contribution < 1.29 is 23.1 Å². The van der Waals surface area contributed by atoms with Crippen LogP contribution in [-0.2, 0) is 20.6 Å². The molecule has 0 heterocycles. The normalized spacial score (nSPS) is 12.0. The summed E-state index contributed by atoms with van der Waals surface area (Å²) >= 11 is 0. The van der Waals surface area contributed by atoms with Crippen molar-refractivity contribution in [1.82, 2.24) is 4.90 Å². The van der Waals surface area contributed by atoms with Crippen molar-refractivity contribution in [3.8, 4) is 0 Å². The molecule has 116 valence electrons. The highest BCUT2D eigenvalue weighted by atomic mass is 32.2. The van der Waals surface area contributed by atoms with Gasteiger partial charge in [0.1, 0.15) is 5.54 Å². The van der Waals surface area contributed by atoms with Crippen LogP contribution in [0.15, 0.2) is 24.3 Å². The second kappa shape index (κ2) is 5.82. The van der Waals surface area contributed by atoms with E-state index in [0.29, 0.717) is 5.56 Å². The molecule has 0 aliphatic heterocycles. The Bertz CT molecular complexity index is 667. The molecule has 0 saturated carbocycles. The molecule has 21 heavy (non-hydrogen) atoms. The molecule has 0 aliphatic rings. The molecule has 1 aromatic carbocycles. The Labute approximate surface area is 123 Å². The number of nitrogens with two attached hydrogens (primary N) is 1. The highest BCUT2D eigenvalue weighted by Gasteiger charge is 2.35. The molecule has 0 spiro atoms. The van der Waals surface area contributed by atoms with Gasteiger partial charge in [0.15, 0.2) is 0 Å². The topological polar surface area (TPSA) is 118 Å². The standard InChI is InChI=1S/C13H18N2O5S/c1-13(2,12(17)18)15(3)11(16)10-6-4-5-9(7-10)8-21(14,19)20/h4-7H,8H2,1-3H3,(H,17,18)(H2,14,19,20). The Morgan fingerprint density at radius 3 is 2.38 bits per heavy atom. The lowest BCUT2D eigenvalue weighted by molar-refractivity contribution is -0.147. The fraction of sp³-hybridized carbons (Fsp3) is 0.385. The zero-order valence-corrected chi connectivity index (χ0v) is 12.8. The molecular formula is C13H18N2O5S. The summed E-state index contributed by atoms with van der Waals surface area (Å²) in [6.07, 6.45) is 0. The quantitative estimate of drug-likeness (QED) is 0.816. The molecule has 0 saturated heterocycles. The van der Waals surface area contributed by atoms with Gasteiger partial charge in [-0.1, -0.05) is 12.1 Å². The zero-order chi connectivity index (χ0) is 16.4. The van der Waals surface area contributed by atoms with Crippen LogP contribution in [0.1, 0.15) is 29.8 Å². The van der Waals surface area contributed by atoms with Gasteiger partial charge in [-0.15, -0.1) is 0 Å². The maximum atomic E-state index is 12.3. The minimum Gasteiger partial charge on any atom is -0.480 e. The minimum atomic E-state index is -3.70. The summed E-state index contributed by atoms with van der Waals surface area (Å²) in [7, 11) is -2.32. The first-order valence-electron chi connectivity index (χ1n) is 6.06. The van der Waals surface area contributed by atoms with Gasteiger partial charge in [-0.25, -0.2) is 18.4 Å². The number of rotatable bonds is 5. The number of hydrogen-bond donors (Lipinski definition) is 2. The first kappa shape index (κ1) is 17.1. The summed E-state index contributed by atoms with van der Waals surface area (Å²) in [5.74, 6) is -2.04. The predicted octanol–water partition coefficient (Wildman–Crippen LogP) is 0.410. The van der Waals surface area contributed by atoms with Crippen molar-refractivity contribution in [2.24, 2.45) is 5.14 Å². The molecular weight excluding hydrogens is 296 g/mol. The summed E-state index contributed by atoms with van der Waals surface area (Å²) in [6, 6.07) is 5.93. The second-order valence-electron chi connectivity index (χ2n) is 5.24. The van der Waals surface area contributed by atoms with E-state index in [1.165, 1.54) is 45.2 Å². The first-order valence-corrected chi connectivity index (χ1v) is 7.77. The fourth-order valence-electron chi connectivity index (χ4n) is 1.62. The molecule has 8 heteroatoms. The van der Waals surface area contributed by atoms with E-state index in [0.717, 1.165) is 4.90 Å². The molecule has 0 bridgehead atoms. The van der Waals surface area contributed by atoms with Crippen LogP contribution in [0.3, 0.4) is 0 Å². The molecule has 1 amide bonds. The Kier molecular flexibility index (Phi) is 4.75. The van der Waals surface area contributed by atoms with Gasteiger partial charge in [0, 0.05) is 12.6 Å². The number of carbonyl (C=O) groups is 2. The highest BCUT2D eigenvalue weighted by molar-refractivity contribution is 7.88. The van der Waals surface area contributed by atoms with Crippen molar-refractivity contribution >= 4 is 21.9 Å². The van der Waals surface area contributed by atoms with Gasteiger partial charge in [-0.3, -0.25) is 4.79 Å². The van der Waals surface area contributed by atoms with Gasteiger partial charge >= 0.3 is 5.97 Å². The van der Waals surface area contributed by atoms with Crippen LogP contribution < -0.4 is 5.14 Å². The van der Waals surface area contributed by atoms with E-state index in [1.807, 2.05) is 0 Å². The summed E-state index contributed by atoms with van der Waals surface area (Å²) in [5, 5.41) is 14.1. The summed E-state index contributed by atoms with van der Waals surface area (Å²) in [5.41, 5.74) is -0.814.